The van der Waals surface area contributed by atoms with Gasteiger partial charge >= 0.3 is 0 Å². The minimum absolute atomic E-state index is 0.0516. The van der Waals surface area contributed by atoms with E-state index < -0.39 is 0 Å². The molecule has 1 aliphatic heterocycles. The molecular formula is C14H15N3O3S. The molecule has 1 atom stereocenters. The Balaban J connectivity index is 1.94. The number of amides is 1. The Hall–Kier alpha value is -1.99. The van der Waals surface area contributed by atoms with Gasteiger partial charge in [0.25, 0.3) is 11.5 Å². The molecule has 1 fully saturated rings. The van der Waals surface area contributed by atoms with Crippen molar-refractivity contribution in [2.45, 2.75) is 13.0 Å². The van der Waals surface area contributed by atoms with Crippen LogP contribution in [0.2, 0.25) is 0 Å². The number of nitrogens with one attached hydrogen (secondary N) is 1. The number of morpholine rings is 1. The molecule has 0 spiro atoms. The first-order chi connectivity index (χ1) is 10.1. The molecule has 0 aliphatic carbocycles. The minimum Gasteiger partial charge on any atom is -0.377 e. The Morgan fingerprint density at radius 2 is 2.43 bits per heavy atom. The van der Waals surface area contributed by atoms with E-state index in [4.69, 9.17) is 4.74 Å². The summed E-state index contributed by atoms with van der Waals surface area (Å²) in [7, 11) is 0. The third kappa shape index (κ3) is 2.88. The quantitative estimate of drug-likeness (QED) is 0.909. The van der Waals surface area contributed by atoms with Crippen LogP contribution in [0.4, 0.5) is 0 Å². The molecule has 0 aromatic carbocycles. The molecule has 1 aliphatic rings. The maximum Gasteiger partial charge on any atom is 0.255 e. The molecular weight excluding hydrogens is 290 g/mol. The molecule has 21 heavy (non-hydrogen) atoms. The van der Waals surface area contributed by atoms with Crippen LogP contribution in [0.25, 0.3) is 0 Å². The van der Waals surface area contributed by atoms with E-state index in [0.29, 0.717) is 36.8 Å². The molecule has 2 aromatic rings. The SMILES string of the molecule is Cc1nc(C2COCCN2C(=O)c2ccsc2)cc(=O)[nH]1. The second kappa shape index (κ2) is 5.79. The van der Waals surface area contributed by atoms with Gasteiger partial charge in [0.1, 0.15) is 5.82 Å². The van der Waals surface area contributed by atoms with Crippen LogP contribution in [-0.2, 0) is 4.74 Å². The number of thiophene rings is 1. The van der Waals surface area contributed by atoms with Gasteiger partial charge < -0.3 is 14.6 Å². The Morgan fingerprint density at radius 1 is 1.57 bits per heavy atom. The van der Waals surface area contributed by atoms with Crippen LogP contribution in [0.15, 0.2) is 27.7 Å². The lowest BCUT2D eigenvalue weighted by atomic mass is 10.1. The summed E-state index contributed by atoms with van der Waals surface area (Å²) in [6.07, 6.45) is 0. The van der Waals surface area contributed by atoms with Gasteiger partial charge in [-0.05, 0) is 18.4 Å². The van der Waals surface area contributed by atoms with Gasteiger partial charge in [0, 0.05) is 18.0 Å². The first kappa shape index (κ1) is 14.0. The number of carbonyl (C=O) groups is 1. The van der Waals surface area contributed by atoms with Crippen molar-refractivity contribution >= 4 is 17.2 Å². The molecule has 6 nitrogen and oxygen atoms in total. The predicted molar refractivity (Wildman–Crippen MR) is 78.5 cm³/mol. The van der Waals surface area contributed by atoms with Crippen LogP contribution in [0.5, 0.6) is 0 Å². The van der Waals surface area contributed by atoms with Gasteiger partial charge in [0.15, 0.2) is 0 Å². The second-order valence-electron chi connectivity index (χ2n) is 4.86. The number of nitrogens with zero attached hydrogens (tertiary/aromatic N) is 2. The van der Waals surface area contributed by atoms with Gasteiger partial charge in [0.05, 0.1) is 30.5 Å². The second-order valence-corrected chi connectivity index (χ2v) is 5.64. The van der Waals surface area contributed by atoms with Gasteiger partial charge in [0.2, 0.25) is 0 Å². The number of hydrogen-bond donors (Lipinski definition) is 1. The molecule has 0 radical (unpaired) electrons. The monoisotopic (exact) mass is 305 g/mol. The maximum atomic E-state index is 12.6. The number of aryl methyl sites for hydroxylation is 1. The zero-order chi connectivity index (χ0) is 14.8. The summed E-state index contributed by atoms with van der Waals surface area (Å²) in [5.74, 6) is 0.482. The summed E-state index contributed by atoms with van der Waals surface area (Å²) in [6.45, 7) is 3.06. The Labute approximate surface area is 125 Å². The Morgan fingerprint density at radius 3 is 3.14 bits per heavy atom. The summed E-state index contributed by atoms with van der Waals surface area (Å²) < 4.78 is 5.47. The molecule has 110 valence electrons. The minimum atomic E-state index is -0.327. The predicted octanol–water partition coefficient (Wildman–Crippen LogP) is 1.35. The lowest BCUT2D eigenvalue weighted by Gasteiger charge is -2.35. The van der Waals surface area contributed by atoms with E-state index in [1.54, 1.807) is 17.9 Å². The fourth-order valence-corrected chi connectivity index (χ4v) is 3.05. The smallest absolute Gasteiger partial charge is 0.255 e. The molecule has 3 rings (SSSR count). The number of rotatable bonds is 2. The Kier molecular flexibility index (Phi) is 3.85. The molecule has 7 heteroatoms. The van der Waals surface area contributed by atoms with E-state index in [0.717, 1.165) is 0 Å². The summed E-state index contributed by atoms with van der Waals surface area (Å²) in [4.78, 5) is 32.9. The maximum absolute atomic E-state index is 12.6. The van der Waals surface area contributed by atoms with Gasteiger partial charge in [-0.25, -0.2) is 4.98 Å². The van der Waals surface area contributed by atoms with Crippen LogP contribution >= 0.6 is 11.3 Å². The van der Waals surface area contributed by atoms with Crippen molar-refractivity contribution in [1.82, 2.24) is 14.9 Å². The zero-order valence-electron chi connectivity index (χ0n) is 11.5. The van der Waals surface area contributed by atoms with Crippen molar-refractivity contribution in [2.24, 2.45) is 0 Å². The summed E-state index contributed by atoms with van der Waals surface area (Å²) in [5.41, 5.74) is 1.01. The third-order valence-corrected chi connectivity index (χ3v) is 4.06. The molecule has 2 aromatic heterocycles. The van der Waals surface area contributed by atoms with Gasteiger partial charge in [-0.1, -0.05) is 0 Å². The van der Waals surface area contributed by atoms with Gasteiger partial charge in [-0.3, -0.25) is 9.59 Å². The van der Waals surface area contributed by atoms with E-state index in [1.165, 1.54) is 17.4 Å². The van der Waals surface area contributed by atoms with Crippen molar-refractivity contribution in [1.29, 1.82) is 0 Å². The molecule has 3 heterocycles. The van der Waals surface area contributed by atoms with E-state index in [-0.39, 0.29) is 17.5 Å². The number of carbonyl (C=O) groups excluding carboxylic acids is 1. The lowest BCUT2D eigenvalue weighted by molar-refractivity contribution is -0.00398. The van der Waals surface area contributed by atoms with Crippen LogP contribution in [-0.4, -0.2) is 40.5 Å². The van der Waals surface area contributed by atoms with Crippen LogP contribution in [0.3, 0.4) is 0 Å². The van der Waals surface area contributed by atoms with Crippen molar-refractivity contribution in [3.8, 4) is 0 Å². The zero-order valence-corrected chi connectivity index (χ0v) is 12.4. The molecule has 1 unspecified atom stereocenters. The third-order valence-electron chi connectivity index (χ3n) is 3.38. The van der Waals surface area contributed by atoms with Gasteiger partial charge in [-0.2, -0.15) is 11.3 Å². The summed E-state index contributed by atoms with van der Waals surface area (Å²) >= 11 is 1.48. The van der Waals surface area contributed by atoms with Crippen molar-refractivity contribution in [2.75, 3.05) is 19.8 Å². The molecule has 0 saturated carbocycles. The number of aromatic amines is 1. The van der Waals surface area contributed by atoms with E-state index >= 15 is 0 Å². The van der Waals surface area contributed by atoms with Crippen LogP contribution in [0.1, 0.15) is 27.9 Å². The largest absolute Gasteiger partial charge is 0.377 e. The first-order valence-electron chi connectivity index (χ1n) is 6.64. The highest BCUT2D eigenvalue weighted by molar-refractivity contribution is 7.08. The number of H-pyrrole nitrogens is 1. The first-order valence-corrected chi connectivity index (χ1v) is 7.58. The van der Waals surface area contributed by atoms with Crippen molar-refractivity contribution in [3.05, 3.63) is 50.3 Å². The Bertz CT molecular complexity index is 696. The normalized spacial score (nSPS) is 18.7. The summed E-state index contributed by atoms with van der Waals surface area (Å²) in [6, 6.07) is 2.91. The van der Waals surface area contributed by atoms with Crippen molar-refractivity contribution in [3.63, 3.8) is 0 Å². The number of aromatic nitrogens is 2. The van der Waals surface area contributed by atoms with E-state index in [2.05, 4.69) is 9.97 Å². The molecule has 1 N–H and O–H groups in total. The van der Waals surface area contributed by atoms with Crippen molar-refractivity contribution < 1.29 is 9.53 Å². The lowest BCUT2D eigenvalue weighted by Crippen LogP contribution is -2.44. The highest BCUT2D eigenvalue weighted by Gasteiger charge is 2.30. The summed E-state index contributed by atoms with van der Waals surface area (Å²) in [5, 5.41) is 3.70. The average molecular weight is 305 g/mol. The van der Waals surface area contributed by atoms with E-state index in [1.807, 2.05) is 10.8 Å². The highest BCUT2D eigenvalue weighted by atomic mass is 32.1. The van der Waals surface area contributed by atoms with Crippen LogP contribution < -0.4 is 5.56 Å². The van der Waals surface area contributed by atoms with Crippen LogP contribution in [0, 0.1) is 6.92 Å². The standard InChI is InChI=1S/C14H15N3O3S/c1-9-15-11(6-13(18)16-9)12-7-20-4-3-17(12)14(19)10-2-5-21-8-10/h2,5-6,8,12H,3-4,7H2,1H3,(H,15,16,18). The molecule has 1 amide bonds. The highest BCUT2D eigenvalue weighted by Crippen LogP contribution is 2.24. The molecule has 1 saturated heterocycles. The van der Waals surface area contributed by atoms with Gasteiger partial charge in [-0.15, -0.1) is 0 Å². The fourth-order valence-electron chi connectivity index (χ4n) is 2.42. The number of ether oxygens (including phenoxy) is 1. The average Bonchev–Trinajstić information content (AvgIpc) is 2.99. The topological polar surface area (TPSA) is 75.3 Å². The van der Waals surface area contributed by atoms with E-state index in [9.17, 15) is 9.59 Å². The fraction of sp³-hybridized carbons (Fsp3) is 0.357. The molecule has 0 bridgehead atoms. The number of hydrogen-bond acceptors (Lipinski definition) is 5.